The first kappa shape index (κ1) is 28.0. The second kappa shape index (κ2) is 9.04. The molecule has 1 aliphatic rings. The predicted octanol–water partition coefficient (Wildman–Crippen LogP) is -0.293. The highest BCUT2D eigenvalue weighted by molar-refractivity contribution is 7.66. The average Bonchev–Trinajstić information content (AvgIpc) is 3.19. The lowest BCUT2D eigenvalue weighted by atomic mass is 9.83. The molecule has 2 aromatic rings. The number of hydrogen-bond acceptors (Lipinski definition) is 13. The molecule has 8 N–H and O–H groups in total. The molecule has 2 unspecified atom stereocenters. The number of nitrogens with zero attached hydrogens (tertiary/aromatic N) is 4. The molecule has 21 heteroatoms. The molecule has 3 heterocycles. The molecule has 0 spiro atoms. The number of nitrogens with two attached hydrogens (primary N) is 1. The second-order valence-electron chi connectivity index (χ2n) is 7.74. The van der Waals surface area contributed by atoms with Crippen LogP contribution in [0.4, 0.5) is 5.82 Å². The van der Waals surface area contributed by atoms with Crippen molar-refractivity contribution in [1.29, 1.82) is 0 Å². The molecule has 196 valence electrons. The Kier molecular flexibility index (Phi) is 7.22. The number of aromatic nitrogens is 4. The Morgan fingerprint density at radius 1 is 1.20 bits per heavy atom. The number of imidazole rings is 1. The standard InChI is InChI=1S/C14H22N5O13P3/c1-7(2)14(21)11(20)13(3,4-29-34(25,26)32-35(27,28)31-33(22,23)24)30-12(14)19-6-18-8-9(15)16-5-17-10(8)19/h5-6,11-12,20-21H,1,4H2,2-3H3,(H,25,26)(H,27,28)(H2,15,16,17)(H2,22,23,24)/t11-,12-,13-,14-/m1/s1. The SMILES string of the molecule is C=C(C)[C@]1(O)[C@H](n2cnc3c(N)ncnc32)O[C@](C)(COP(=O)(O)OP(=O)(O)OP(=O)(O)O)[C@H]1O. The van der Waals surface area contributed by atoms with Gasteiger partial charge >= 0.3 is 23.5 Å². The van der Waals surface area contributed by atoms with Gasteiger partial charge in [0, 0.05) is 0 Å². The third-order valence-corrected chi connectivity index (χ3v) is 8.79. The quantitative estimate of drug-likeness (QED) is 0.153. The molecule has 6 atom stereocenters. The first-order valence-corrected chi connectivity index (χ1v) is 13.8. The van der Waals surface area contributed by atoms with Gasteiger partial charge in [-0.05, 0) is 19.4 Å². The topological polar surface area (TPSA) is 279 Å². The Labute approximate surface area is 196 Å². The van der Waals surface area contributed by atoms with E-state index >= 15 is 0 Å². The fourth-order valence-electron chi connectivity index (χ4n) is 3.39. The number of rotatable bonds is 9. The summed E-state index contributed by atoms with van der Waals surface area (Å²) in [4.78, 5) is 48.1. The maximum Gasteiger partial charge on any atom is 0.490 e. The number of aliphatic hydroxyl groups is 2. The van der Waals surface area contributed by atoms with Crippen LogP contribution in [0.15, 0.2) is 24.8 Å². The van der Waals surface area contributed by atoms with Gasteiger partial charge in [-0.15, -0.1) is 0 Å². The molecular formula is C14H22N5O13P3. The van der Waals surface area contributed by atoms with Gasteiger partial charge in [-0.2, -0.15) is 8.62 Å². The van der Waals surface area contributed by atoms with Gasteiger partial charge in [0.1, 0.15) is 23.5 Å². The number of phosphoric acid groups is 3. The van der Waals surface area contributed by atoms with Gasteiger partial charge in [-0.3, -0.25) is 9.09 Å². The van der Waals surface area contributed by atoms with Gasteiger partial charge in [0.25, 0.3) is 0 Å². The summed E-state index contributed by atoms with van der Waals surface area (Å²) in [5, 5.41) is 22.3. The minimum absolute atomic E-state index is 0.000868. The second-order valence-corrected chi connectivity index (χ2v) is 12.2. The third kappa shape index (κ3) is 5.55. The first-order valence-electron chi connectivity index (χ1n) is 9.27. The van der Waals surface area contributed by atoms with Crippen LogP contribution >= 0.6 is 23.5 Å². The van der Waals surface area contributed by atoms with Crippen LogP contribution in [0.25, 0.3) is 11.2 Å². The summed E-state index contributed by atoms with van der Waals surface area (Å²) in [6, 6.07) is 0. The van der Waals surface area contributed by atoms with Crippen LogP contribution in [0.1, 0.15) is 20.1 Å². The summed E-state index contributed by atoms with van der Waals surface area (Å²) >= 11 is 0. The molecule has 0 amide bonds. The van der Waals surface area contributed by atoms with Crippen molar-refractivity contribution < 1.29 is 61.4 Å². The Hall–Kier alpha value is -1.62. The fourth-order valence-corrected chi connectivity index (χ4v) is 6.50. The van der Waals surface area contributed by atoms with E-state index in [1.54, 1.807) is 0 Å². The number of anilines is 1. The van der Waals surface area contributed by atoms with Crippen LogP contribution in [0.5, 0.6) is 0 Å². The van der Waals surface area contributed by atoms with E-state index in [1.807, 2.05) is 0 Å². The van der Waals surface area contributed by atoms with Crippen LogP contribution in [0, 0.1) is 0 Å². The van der Waals surface area contributed by atoms with Crippen molar-refractivity contribution in [1.82, 2.24) is 19.5 Å². The lowest BCUT2D eigenvalue weighted by Gasteiger charge is -2.33. The highest BCUT2D eigenvalue weighted by atomic mass is 31.3. The summed E-state index contributed by atoms with van der Waals surface area (Å²) in [5.41, 5.74) is 1.77. The number of aliphatic hydroxyl groups excluding tert-OH is 1. The van der Waals surface area contributed by atoms with Crippen LogP contribution in [0.3, 0.4) is 0 Å². The largest absolute Gasteiger partial charge is 0.490 e. The molecule has 0 aliphatic carbocycles. The minimum atomic E-state index is -5.77. The summed E-state index contributed by atoms with van der Waals surface area (Å²) in [7, 11) is -16.9. The molecule has 0 aromatic carbocycles. The Morgan fingerprint density at radius 3 is 2.40 bits per heavy atom. The van der Waals surface area contributed by atoms with Crippen molar-refractivity contribution in [3.05, 3.63) is 24.8 Å². The molecule has 1 aliphatic heterocycles. The number of phosphoric ester groups is 1. The fraction of sp³-hybridized carbons (Fsp3) is 0.500. The van der Waals surface area contributed by atoms with E-state index in [-0.39, 0.29) is 22.6 Å². The lowest BCUT2D eigenvalue weighted by molar-refractivity contribution is -0.116. The van der Waals surface area contributed by atoms with Crippen LogP contribution in [0.2, 0.25) is 0 Å². The molecule has 0 bridgehead atoms. The first-order chi connectivity index (χ1) is 15.8. The smallest absolute Gasteiger partial charge is 0.386 e. The average molecular weight is 561 g/mol. The number of fused-ring (bicyclic) bond motifs is 1. The van der Waals surface area contributed by atoms with Crippen molar-refractivity contribution in [3.8, 4) is 0 Å². The van der Waals surface area contributed by atoms with Gasteiger partial charge in [-0.25, -0.2) is 28.6 Å². The summed E-state index contributed by atoms with van der Waals surface area (Å²) in [5.74, 6) is 0.0154. The van der Waals surface area contributed by atoms with E-state index in [4.69, 9.17) is 20.3 Å². The Balaban J connectivity index is 1.90. The molecule has 0 radical (unpaired) electrons. The van der Waals surface area contributed by atoms with Crippen molar-refractivity contribution in [2.24, 2.45) is 0 Å². The van der Waals surface area contributed by atoms with E-state index in [0.29, 0.717) is 0 Å². The zero-order valence-electron chi connectivity index (χ0n) is 18.0. The third-order valence-electron chi connectivity index (χ3n) is 5.01. The summed E-state index contributed by atoms with van der Waals surface area (Å²) in [6.07, 6.45) is -1.06. The van der Waals surface area contributed by atoms with Crippen LogP contribution < -0.4 is 5.73 Å². The molecule has 0 saturated carbocycles. The van der Waals surface area contributed by atoms with Crippen molar-refractivity contribution >= 4 is 40.4 Å². The molecular weight excluding hydrogens is 539 g/mol. The van der Waals surface area contributed by atoms with Gasteiger partial charge in [-0.1, -0.05) is 6.58 Å². The molecule has 1 saturated heterocycles. The van der Waals surface area contributed by atoms with Crippen molar-refractivity contribution in [3.63, 3.8) is 0 Å². The van der Waals surface area contributed by atoms with E-state index in [2.05, 4.69) is 34.7 Å². The monoisotopic (exact) mass is 561 g/mol. The molecule has 35 heavy (non-hydrogen) atoms. The van der Waals surface area contributed by atoms with Crippen molar-refractivity contribution in [2.75, 3.05) is 12.3 Å². The Morgan fingerprint density at radius 2 is 1.83 bits per heavy atom. The molecule has 18 nitrogen and oxygen atoms in total. The lowest BCUT2D eigenvalue weighted by Crippen LogP contribution is -2.52. The van der Waals surface area contributed by atoms with E-state index in [9.17, 15) is 33.7 Å². The van der Waals surface area contributed by atoms with E-state index in [1.165, 1.54) is 24.7 Å². The summed E-state index contributed by atoms with van der Waals surface area (Å²) < 4.78 is 53.3. The van der Waals surface area contributed by atoms with Crippen LogP contribution in [-0.4, -0.2) is 73.2 Å². The highest BCUT2D eigenvalue weighted by Gasteiger charge is 2.63. The van der Waals surface area contributed by atoms with Gasteiger partial charge < -0.3 is 40.3 Å². The highest BCUT2D eigenvalue weighted by Crippen LogP contribution is 2.66. The normalized spacial score (nSPS) is 30.7. The van der Waals surface area contributed by atoms with Crippen LogP contribution in [-0.2, 0) is 31.6 Å². The number of hydrogen-bond donors (Lipinski definition) is 7. The molecule has 2 aromatic heterocycles. The molecule has 1 fully saturated rings. The van der Waals surface area contributed by atoms with Gasteiger partial charge in [0.15, 0.2) is 23.3 Å². The number of ether oxygens (including phenoxy) is 1. The maximum atomic E-state index is 12.1. The molecule has 3 rings (SSSR count). The maximum absolute atomic E-state index is 12.1. The van der Waals surface area contributed by atoms with E-state index < -0.39 is 53.6 Å². The zero-order chi connectivity index (χ0) is 26.6. The van der Waals surface area contributed by atoms with Gasteiger partial charge in [0.05, 0.1) is 12.9 Å². The Bertz CT molecular complexity index is 1300. The number of nitrogen functional groups attached to an aromatic ring is 1. The zero-order valence-corrected chi connectivity index (χ0v) is 20.7. The van der Waals surface area contributed by atoms with Crippen molar-refractivity contribution in [2.45, 2.75) is 37.4 Å². The minimum Gasteiger partial charge on any atom is -0.386 e. The van der Waals surface area contributed by atoms with E-state index in [0.717, 1.165) is 6.33 Å². The predicted molar refractivity (Wildman–Crippen MR) is 114 cm³/mol. The summed E-state index contributed by atoms with van der Waals surface area (Å²) in [6.45, 7) is 5.15. The van der Waals surface area contributed by atoms with Gasteiger partial charge in [0.2, 0.25) is 0 Å².